The van der Waals surface area contributed by atoms with Crippen LogP contribution in [-0.4, -0.2) is 48.9 Å². The third-order valence-electron chi connectivity index (χ3n) is 2.63. The Balaban J connectivity index is 2.85. The van der Waals surface area contributed by atoms with Crippen molar-refractivity contribution in [2.24, 2.45) is 0 Å². The minimum Gasteiger partial charge on any atom is -0.463 e. The normalized spacial score (nSPS) is 25.5. The van der Waals surface area contributed by atoms with Crippen LogP contribution in [0.5, 0.6) is 0 Å². The number of carbonyl (C=O) groups excluding carboxylic acids is 3. The van der Waals surface area contributed by atoms with Gasteiger partial charge in [-0.3, -0.25) is 9.59 Å². The summed E-state index contributed by atoms with van der Waals surface area (Å²) in [4.78, 5) is 33.4. The number of rotatable bonds is 6. The Bertz CT molecular complexity index is 427. The zero-order valence-electron chi connectivity index (χ0n) is 12.5. The van der Waals surface area contributed by atoms with Gasteiger partial charge in [-0.1, -0.05) is 0 Å². The summed E-state index contributed by atoms with van der Waals surface area (Å²) in [6.45, 7) is 6.46. The summed E-state index contributed by atoms with van der Waals surface area (Å²) in [6.07, 6.45) is 0.452. The van der Waals surface area contributed by atoms with E-state index in [0.29, 0.717) is 6.29 Å². The number of carbonyl (C=O) groups is 3. The van der Waals surface area contributed by atoms with Crippen LogP contribution in [0.15, 0.2) is 12.2 Å². The lowest BCUT2D eigenvalue weighted by Gasteiger charge is -2.20. The molecule has 7 nitrogen and oxygen atoms in total. The van der Waals surface area contributed by atoms with E-state index in [-0.39, 0.29) is 6.61 Å². The van der Waals surface area contributed by atoms with Crippen LogP contribution in [-0.2, 0) is 33.3 Å². The third-order valence-corrected chi connectivity index (χ3v) is 2.63. The van der Waals surface area contributed by atoms with E-state index in [4.69, 9.17) is 18.9 Å². The molecule has 1 fully saturated rings. The molecule has 0 saturated carbocycles. The third kappa shape index (κ3) is 5.28. The van der Waals surface area contributed by atoms with Gasteiger partial charge in [-0.15, -0.1) is 0 Å². The molecular formula is C14H20O7. The van der Waals surface area contributed by atoms with Crippen LogP contribution in [0.25, 0.3) is 0 Å². The Morgan fingerprint density at radius 2 is 2.00 bits per heavy atom. The van der Waals surface area contributed by atoms with Gasteiger partial charge in [0.15, 0.2) is 18.2 Å². The lowest BCUT2D eigenvalue weighted by Crippen LogP contribution is -2.39. The van der Waals surface area contributed by atoms with Gasteiger partial charge in [-0.05, 0) is 26.8 Å². The van der Waals surface area contributed by atoms with Gasteiger partial charge in [0.1, 0.15) is 12.2 Å². The summed E-state index contributed by atoms with van der Waals surface area (Å²) in [5.41, 5.74) is 0. The van der Waals surface area contributed by atoms with Crippen LogP contribution in [0.1, 0.15) is 27.7 Å². The molecule has 1 aliphatic rings. The fourth-order valence-electron chi connectivity index (χ4n) is 1.95. The topological polar surface area (TPSA) is 88.1 Å². The Hall–Kier alpha value is -1.73. The minimum atomic E-state index is -1.11. The van der Waals surface area contributed by atoms with E-state index >= 15 is 0 Å². The first-order valence-corrected chi connectivity index (χ1v) is 6.62. The van der Waals surface area contributed by atoms with Crippen molar-refractivity contribution in [3.8, 4) is 0 Å². The van der Waals surface area contributed by atoms with Crippen molar-refractivity contribution >= 4 is 18.2 Å². The highest BCUT2D eigenvalue weighted by molar-refractivity contribution is 5.82. The van der Waals surface area contributed by atoms with Crippen molar-refractivity contribution in [3.63, 3.8) is 0 Å². The van der Waals surface area contributed by atoms with Gasteiger partial charge in [0, 0.05) is 13.0 Å². The fraction of sp³-hybridized carbons (Fsp3) is 0.643. The summed E-state index contributed by atoms with van der Waals surface area (Å²) in [7, 11) is 0. The van der Waals surface area contributed by atoms with E-state index < -0.39 is 36.0 Å². The first-order valence-electron chi connectivity index (χ1n) is 6.62. The van der Waals surface area contributed by atoms with Gasteiger partial charge < -0.3 is 18.9 Å². The molecule has 1 heterocycles. The lowest BCUT2D eigenvalue weighted by atomic mass is 10.1. The summed E-state index contributed by atoms with van der Waals surface area (Å²) in [5.74, 6) is -2.09. The fourth-order valence-corrected chi connectivity index (χ4v) is 1.95. The second-order valence-electron chi connectivity index (χ2n) is 4.89. The van der Waals surface area contributed by atoms with Gasteiger partial charge >= 0.3 is 11.9 Å². The summed E-state index contributed by atoms with van der Waals surface area (Å²) in [6, 6.07) is 0. The highest BCUT2D eigenvalue weighted by atomic mass is 16.8. The molecule has 0 spiro atoms. The van der Waals surface area contributed by atoms with Crippen LogP contribution >= 0.6 is 0 Å². The zero-order valence-corrected chi connectivity index (χ0v) is 12.5. The van der Waals surface area contributed by atoms with Crippen molar-refractivity contribution < 1.29 is 33.3 Å². The average molecular weight is 300 g/mol. The van der Waals surface area contributed by atoms with Gasteiger partial charge in [0.05, 0.1) is 6.61 Å². The Morgan fingerprint density at radius 1 is 1.33 bits per heavy atom. The molecule has 3 atom stereocenters. The smallest absolute Gasteiger partial charge is 0.330 e. The second-order valence-corrected chi connectivity index (χ2v) is 4.89. The molecule has 0 radical (unpaired) electrons. The van der Waals surface area contributed by atoms with Crippen molar-refractivity contribution in [1.82, 2.24) is 0 Å². The summed E-state index contributed by atoms with van der Waals surface area (Å²) in [5, 5.41) is 0. The standard InChI is InChI=1S/C14H20O7/c1-5-18-12(17)7-6-10-13(21-14(3,4)20-10)11(8-15)19-9(2)16/h6-8,10-11,13H,5H2,1-4H3/b7-6+/t10-,11-,13-/m1/s1. The van der Waals surface area contributed by atoms with E-state index in [0.717, 1.165) is 0 Å². The number of aldehydes is 1. The Labute approximate surface area is 123 Å². The molecule has 1 rings (SSSR count). The highest BCUT2D eigenvalue weighted by Crippen LogP contribution is 2.31. The van der Waals surface area contributed by atoms with E-state index in [1.54, 1.807) is 20.8 Å². The van der Waals surface area contributed by atoms with E-state index in [2.05, 4.69) is 0 Å². The lowest BCUT2D eigenvalue weighted by molar-refractivity contribution is -0.170. The maximum absolute atomic E-state index is 11.3. The van der Waals surface area contributed by atoms with Crippen molar-refractivity contribution in [3.05, 3.63) is 12.2 Å². The number of hydrogen-bond acceptors (Lipinski definition) is 7. The van der Waals surface area contributed by atoms with Gasteiger partial charge in [-0.2, -0.15) is 0 Å². The molecule has 0 unspecified atom stereocenters. The highest BCUT2D eigenvalue weighted by Gasteiger charge is 2.45. The largest absolute Gasteiger partial charge is 0.463 e. The molecular weight excluding hydrogens is 280 g/mol. The van der Waals surface area contributed by atoms with Crippen molar-refractivity contribution in [2.75, 3.05) is 6.61 Å². The van der Waals surface area contributed by atoms with E-state index in [9.17, 15) is 14.4 Å². The summed E-state index contributed by atoms with van der Waals surface area (Å²) >= 11 is 0. The Morgan fingerprint density at radius 3 is 2.52 bits per heavy atom. The molecule has 0 aliphatic carbocycles. The second kappa shape index (κ2) is 7.33. The molecule has 118 valence electrons. The average Bonchev–Trinajstić information content (AvgIpc) is 2.69. The molecule has 1 saturated heterocycles. The Kier molecular flexibility index (Phi) is 6.04. The maximum atomic E-state index is 11.3. The monoisotopic (exact) mass is 300 g/mol. The first kappa shape index (κ1) is 17.3. The predicted molar refractivity (Wildman–Crippen MR) is 71.2 cm³/mol. The number of esters is 2. The van der Waals surface area contributed by atoms with Crippen LogP contribution in [0.4, 0.5) is 0 Å². The molecule has 7 heteroatoms. The zero-order chi connectivity index (χ0) is 16.0. The molecule has 21 heavy (non-hydrogen) atoms. The number of hydrogen-bond donors (Lipinski definition) is 0. The predicted octanol–water partition coefficient (Wildman–Crippen LogP) is 0.756. The number of ether oxygens (including phenoxy) is 4. The quantitative estimate of drug-likeness (QED) is 0.406. The SMILES string of the molecule is CCOC(=O)/C=C/[C@H]1OC(C)(C)O[C@H]1[C@@H](C=O)OC(C)=O. The van der Waals surface area contributed by atoms with Crippen molar-refractivity contribution in [2.45, 2.75) is 51.8 Å². The van der Waals surface area contributed by atoms with E-state index in [1.807, 2.05) is 0 Å². The first-order chi connectivity index (χ1) is 9.79. The van der Waals surface area contributed by atoms with Gasteiger partial charge in [0.25, 0.3) is 0 Å². The van der Waals surface area contributed by atoms with Crippen LogP contribution in [0.3, 0.4) is 0 Å². The van der Waals surface area contributed by atoms with E-state index in [1.165, 1.54) is 19.1 Å². The van der Waals surface area contributed by atoms with Crippen molar-refractivity contribution in [1.29, 1.82) is 0 Å². The molecule has 0 aromatic carbocycles. The molecule has 0 bridgehead atoms. The van der Waals surface area contributed by atoms with Crippen LogP contribution < -0.4 is 0 Å². The maximum Gasteiger partial charge on any atom is 0.330 e. The van der Waals surface area contributed by atoms with Crippen LogP contribution in [0, 0.1) is 0 Å². The molecule has 0 aromatic heterocycles. The molecule has 0 aromatic rings. The molecule has 1 aliphatic heterocycles. The summed E-state index contributed by atoms with van der Waals surface area (Å²) < 4.78 is 20.8. The van der Waals surface area contributed by atoms with Gasteiger partial charge in [0.2, 0.25) is 0 Å². The molecule has 0 amide bonds. The molecule has 0 N–H and O–H groups in total. The van der Waals surface area contributed by atoms with Gasteiger partial charge in [-0.25, -0.2) is 4.79 Å². The minimum absolute atomic E-state index is 0.254. The van der Waals surface area contributed by atoms with Crippen LogP contribution in [0.2, 0.25) is 0 Å².